The van der Waals surface area contributed by atoms with Crippen LogP contribution >= 0.6 is 0 Å². The van der Waals surface area contributed by atoms with E-state index in [0.717, 1.165) is 40.9 Å². The highest BCUT2D eigenvalue weighted by Crippen LogP contribution is 2.41. The van der Waals surface area contributed by atoms with Crippen LogP contribution < -0.4 is 4.74 Å². The van der Waals surface area contributed by atoms with Crippen LogP contribution in [0.5, 0.6) is 5.75 Å². The number of rotatable bonds is 2. The topological polar surface area (TPSA) is 65.6 Å². The summed E-state index contributed by atoms with van der Waals surface area (Å²) in [6.07, 6.45) is 3.32. The molecule has 0 saturated carbocycles. The highest BCUT2D eigenvalue weighted by atomic mass is 16.5. The molecular formula is C21H26N2O3. The zero-order valence-corrected chi connectivity index (χ0v) is 15.6. The molecule has 138 valence electrons. The lowest BCUT2D eigenvalue weighted by Crippen LogP contribution is -2.52. The maximum absolute atomic E-state index is 13.1. The third-order valence-electron chi connectivity index (χ3n) is 6.28. The predicted octanol–water partition coefficient (Wildman–Crippen LogP) is 2.79. The summed E-state index contributed by atoms with van der Waals surface area (Å²) in [4.78, 5) is 18.8. The number of allylic oxidation sites excluding steroid dienone is 1. The Morgan fingerprint density at radius 3 is 2.88 bits per heavy atom. The summed E-state index contributed by atoms with van der Waals surface area (Å²) < 4.78 is 5.38. The van der Waals surface area contributed by atoms with Crippen molar-refractivity contribution >= 4 is 16.7 Å². The molecular weight excluding hydrogens is 328 g/mol. The van der Waals surface area contributed by atoms with Gasteiger partial charge in [0.2, 0.25) is 0 Å². The van der Waals surface area contributed by atoms with Gasteiger partial charge in [-0.2, -0.15) is 0 Å². The number of nitrogens with one attached hydrogen (secondary N) is 1. The zero-order valence-electron chi connectivity index (χ0n) is 15.6. The average molecular weight is 354 g/mol. The van der Waals surface area contributed by atoms with Crippen LogP contribution in [0, 0.1) is 11.8 Å². The molecule has 5 heteroatoms. The molecule has 2 aromatic rings. The van der Waals surface area contributed by atoms with Gasteiger partial charge in [-0.1, -0.05) is 11.6 Å². The Morgan fingerprint density at radius 2 is 2.19 bits per heavy atom. The number of ether oxygens (including phenoxy) is 1. The van der Waals surface area contributed by atoms with Crippen LogP contribution in [0.1, 0.15) is 29.4 Å². The molecule has 0 amide bonds. The van der Waals surface area contributed by atoms with Gasteiger partial charge in [-0.3, -0.25) is 9.69 Å². The lowest BCUT2D eigenvalue weighted by molar-refractivity contribution is 0.0518. The van der Waals surface area contributed by atoms with Crippen molar-refractivity contribution in [2.75, 3.05) is 27.3 Å². The van der Waals surface area contributed by atoms with Crippen LogP contribution in [0.2, 0.25) is 0 Å². The number of ketones is 1. The molecule has 2 aliphatic rings. The third kappa shape index (κ3) is 2.58. The van der Waals surface area contributed by atoms with Crippen molar-refractivity contribution in [2.24, 2.45) is 11.8 Å². The highest BCUT2D eigenvalue weighted by Gasteiger charge is 2.42. The molecule has 3 atom stereocenters. The summed E-state index contributed by atoms with van der Waals surface area (Å²) in [6, 6.07) is 6.11. The van der Waals surface area contributed by atoms with E-state index in [0.29, 0.717) is 6.42 Å². The number of aromatic nitrogens is 1. The molecule has 26 heavy (non-hydrogen) atoms. The maximum atomic E-state index is 13.1. The normalized spacial score (nSPS) is 28.1. The van der Waals surface area contributed by atoms with Gasteiger partial charge in [0.15, 0.2) is 5.78 Å². The van der Waals surface area contributed by atoms with E-state index in [2.05, 4.69) is 23.0 Å². The van der Waals surface area contributed by atoms with Gasteiger partial charge in [-0.15, -0.1) is 0 Å². The van der Waals surface area contributed by atoms with Crippen LogP contribution in [0.3, 0.4) is 0 Å². The highest BCUT2D eigenvalue weighted by molar-refractivity contribution is 6.03. The first-order valence-electron chi connectivity index (χ1n) is 9.25. The molecule has 1 aliphatic carbocycles. The molecule has 1 fully saturated rings. The van der Waals surface area contributed by atoms with Crippen LogP contribution in [0.15, 0.2) is 29.8 Å². The van der Waals surface area contributed by atoms with Gasteiger partial charge in [0.1, 0.15) is 5.75 Å². The molecule has 4 rings (SSSR count). The summed E-state index contributed by atoms with van der Waals surface area (Å²) in [5, 5.41) is 11.2. The standard InChI is InChI=1S/C21H26N2O3/c1-4-12-10-23(2)19-8-16-15-7-13(26-3)5-6-18(15)22-21(16)20(25)9-14(12)17(19)11-24/h4-7,14,17,19,22,24H,8-11H2,1-3H3. The summed E-state index contributed by atoms with van der Waals surface area (Å²) in [5.74, 6) is 1.12. The van der Waals surface area contributed by atoms with Crippen molar-refractivity contribution in [1.82, 2.24) is 9.88 Å². The number of likely N-dealkylation sites (tertiary alicyclic amines) is 1. The fourth-order valence-corrected chi connectivity index (χ4v) is 4.85. The first kappa shape index (κ1) is 17.3. The Morgan fingerprint density at radius 1 is 1.38 bits per heavy atom. The van der Waals surface area contributed by atoms with Gasteiger partial charge >= 0.3 is 0 Å². The minimum atomic E-state index is 0.0765. The monoisotopic (exact) mass is 354 g/mol. The van der Waals surface area contributed by atoms with E-state index >= 15 is 0 Å². The van der Waals surface area contributed by atoms with E-state index in [9.17, 15) is 9.90 Å². The largest absolute Gasteiger partial charge is 0.497 e. The first-order chi connectivity index (χ1) is 12.6. The number of hydrogen-bond acceptors (Lipinski definition) is 4. The number of carbonyl (C=O) groups excluding carboxylic acids is 1. The third-order valence-corrected chi connectivity index (χ3v) is 6.28. The summed E-state index contributed by atoms with van der Waals surface area (Å²) >= 11 is 0. The van der Waals surface area contributed by atoms with Gasteiger partial charge in [0.25, 0.3) is 0 Å². The number of likely N-dealkylation sites (N-methyl/N-ethyl adjacent to an activating group) is 1. The Labute approximate surface area is 153 Å². The Hall–Kier alpha value is -2.11. The van der Waals surface area contributed by atoms with Gasteiger partial charge in [0, 0.05) is 42.4 Å². The van der Waals surface area contributed by atoms with Crippen molar-refractivity contribution in [3.8, 4) is 5.75 Å². The second-order valence-corrected chi connectivity index (χ2v) is 7.52. The van der Waals surface area contributed by atoms with E-state index in [1.807, 2.05) is 25.1 Å². The minimum Gasteiger partial charge on any atom is -0.497 e. The number of aliphatic hydroxyl groups is 1. The Balaban J connectivity index is 1.89. The van der Waals surface area contributed by atoms with Crippen LogP contribution in [-0.4, -0.2) is 54.1 Å². The molecule has 0 spiro atoms. The molecule has 0 radical (unpaired) electrons. The maximum Gasteiger partial charge on any atom is 0.179 e. The van der Waals surface area contributed by atoms with E-state index in [-0.39, 0.29) is 30.3 Å². The van der Waals surface area contributed by atoms with Crippen LogP contribution in [0.25, 0.3) is 10.9 Å². The summed E-state index contributed by atoms with van der Waals surface area (Å²) in [5.41, 5.74) is 4.01. The Bertz CT molecular complexity index is 883. The predicted molar refractivity (Wildman–Crippen MR) is 102 cm³/mol. The molecule has 1 aliphatic heterocycles. The van der Waals surface area contributed by atoms with E-state index in [1.54, 1.807) is 7.11 Å². The van der Waals surface area contributed by atoms with Crippen LogP contribution in [-0.2, 0) is 6.42 Å². The number of fused-ring (bicyclic) bond motifs is 5. The second-order valence-electron chi connectivity index (χ2n) is 7.52. The molecule has 1 aromatic heterocycles. The number of H-pyrrole nitrogens is 1. The number of aliphatic hydroxyl groups excluding tert-OH is 1. The number of piperidine rings is 1. The summed E-state index contributed by atoms with van der Waals surface area (Å²) in [7, 11) is 3.77. The minimum absolute atomic E-state index is 0.0765. The summed E-state index contributed by atoms with van der Waals surface area (Å²) in [6.45, 7) is 2.99. The van der Waals surface area contributed by atoms with Gasteiger partial charge in [-0.05, 0) is 50.1 Å². The molecule has 3 unspecified atom stereocenters. The average Bonchev–Trinajstić information content (AvgIpc) is 3.00. The Kier molecular flexibility index (Phi) is 4.37. The van der Waals surface area contributed by atoms with Crippen molar-refractivity contribution in [3.63, 3.8) is 0 Å². The fourth-order valence-electron chi connectivity index (χ4n) is 4.85. The molecule has 5 nitrogen and oxygen atoms in total. The van der Waals surface area contributed by atoms with Crippen molar-refractivity contribution in [3.05, 3.63) is 41.1 Å². The SMILES string of the molecule is CC=C1CN(C)C2Cc3c([nH]c4ccc(OC)cc34)C(=O)CC1C2CO. The van der Waals surface area contributed by atoms with Gasteiger partial charge in [-0.25, -0.2) is 0 Å². The van der Waals surface area contributed by atoms with E-state index in [4.69, 9.17) is 4.74 Å². The number of Topliss-reactive ketones (excluding diaryl/α,β-unsaturated/α-hetero) is 1. The van der Waals surface area contributed by atoms with Crippen molar-refractivity contribution < 1.29 is 14.6 Å². The van der Waals surface area contributed by atoms with Crippen molar-refractivity contribution in [2.45, 2.75) is 25.8 Å². The molecule has 2 heterocycles. The molecule has 2 N–H and O–H groups in total. The molecule has 2 bridgehead atoms. The smallest absolute Gasteiger partial charge is 0.179 e. The second kappa shape index (κ2) is 6.56. The van der Waals surface area contributed by atoms with Gasteiger partial charge in [0.05, 0.1) is 12.8 Å². The van der Waals surface area contributed by atoms with Crippen molar-refractivity contribution in [1.29, 1.82) is 0 Å². The van der Waals surface area contributed by atoms with E-state index < -0.39 is 0 Å². The molecule has 1 saturated heterocycles. The van der Waals surface area contributed by atoms with E-state index in [1.165, 1.54) is 5.57 Å². The number of aromatic amines is 1. The number of hydrogen-bond donors (Lipinski definition) is 2. The lowest BCUT2D eigenvalue weighted by Gasteiger charge is -2.46. The molecule has 1 aromatic carbocycles. The first-order valence-corrected chi connectivity index (χ1v) is 9.25. The lowest BCUT2D eigenvalue weighted by atomic mass is 9.71. The quantitative estimate of drug-likeness (QED) is 0.814. The number of methoxy groups -OCH3 is 1. The zero-order chi connectivity index (χ0) is 18.4. The van der Waals surface area contributed by atoms with Crippen LogP contribution in [0.4, 0.5) is 0 Å². The number of carbonyl (C=O) groups is 1. The number of nitrogens with zero attached hydrogens (tertiary/aromatic N) is 1. The number of benzene rings is 1. The van der Waals surface area contributed by atoms with Gasteiger partial charge < -0.3 is 14.8 Å². The fraction of sp³-hybridized carbons (Fsp3) is 0.476.